The van der Waals surface area contributed by atoms with Crippen molar-refractivity contribution in [1.82, 2.24) is 4.72 Å². The first kappa shape index (κ1) is 15.0. The molecule has 1 aromatic rings. The van der Waals surface area contributed by atoms with E-state index in [1.807, 2.05) is 19.1 Å². The van der Waals surface area contributed by atoms with Gasteiger partial charge in [-0.25, -0.2) is 13.1 Å². The zero-order valence-electron chi connectivity index (χ0n) is 11.2. The molecule has 0 spiro atoms. The van der Waals surface area contributed by atoms with E-state index in [-0.39, 0.29) is 5.54 Å². The summed E-state index contributed by atoms with van der Waals surface area (Å²) in [5, 5.41) is 0.672. The summed E-state index contributed by atoms with van der Waals surface area (Å²) in [6.45, 7) is 1.95. The maximum Gasteiger partial charge on any atom is 0.241 e. The number of alkyl halides is 1. The normalized spacial score (nSPS) is 19.3. The SMILES string of the molecule is Cc1ccc(S(=O)(=O)NC2(CBr)CCCCC2)cc1. The molecule has 0 saturated heterocycles. The van der Waals surface area contributed by atoms with E-state index in [2.05, 4.69) is 20.7 Å². The maximum absolute atomic E-state index is 12.4. The number of sulfonamides is 1. The Bertz CT molecular complexity index is 519. The van der Waals surface area contributed by atoms with Gasteiger partial charge in [-0.15, -0.1) is 0 Å². The number of hydrogen-bond acceptors (Lipinski definition) is 2. The highest BCUT2D eigenvalue weighted by atomic mass is 79.9. The van der Waals surface area contributed by atoms with Gasteiger partial charge in [-0.05, 0) is 31.9 Å². The molecule has 0 heterocycles. The molecule has 3 nitrogen and oxygen atoms in total. The zero-order chi connectivity index (χ0) is 13.9. The van der Waals surface area contributed by atoms with Gasteiger partial charge in [-0.1, -0.05) is 52.9 Å². The summed E-state index contributed by atoms with van der Waals surface area (Å²) in [5.41, 5.74) is 0.744. The lowest BCUT2D eigenvalue weighted by Gasteiger charge is -2.36. The number of rotatable bonds is 4. The minimum absolute atomic E-state index is 0.317. The van der Waals surface area contributed by atoms with Gasteiger partial charge in [-0.2, -0.15) is 0 Å². The Morgan fingerprint density at radius 1 is 1.16 bits per heavy atom. The Morgan fingerprint density at radius 2 is 1.74 bits per heavy atom. The fourth-order valence-electron chi connectivity index (χ4n) is 2.55. The van der Waals surface area contributed by atoms with Crippen LogP contribution in [0.5, 0.6) is 0 Å². The first-order valence-corrected chi connectivity index (χ1v) is 9.25. The average molecular weight is 346 g/mol. The molecule has 0 radical (unpaired) electrons. The largest absolute Gasteiger partial charge is 0.241 e. The molecule has 19 heavy (non-hydrogen) atoms. The van der Waals surface area contributed by atoms with E-state index in [4.69, 9.17) is 0 Å². The number of halogens is 1. The Labute approximate surface area is 124 Å². The molecule has 0 unspecified atom stereocenters. The predicted molar refractivity (Wildman–Crippen MR) is 81.1 cm³/mol. The van der Waals surface area contributed by atoms with Crippen LogP contribution >= 0.6 is 15.9 Å². The van der Waals surface area contributed by atoms with Crippen LogP contribution in [-0.4, -0.2) is 19.3 Å². The second-order valence-electron chi connectivity index (χ2n) is 5.39. The van der Waals surface area contributed by atoms with E-state index in [0.29, 0.717) is 10.2 Å². The summed E-state index contributed by atoms with van der Waals surface area (Å²) in [6, 6.07) is 7.00. The van der Waals surface area contributed by atoms with Gasteiger partial charge in [0.1, 0.15) is 0 Å². The topological polar surface area (TPSA) is 46.2 Å². The molecule has 1 saturated carbocycles. The lowest BCUT2D eigenvalue weighted by Crippen LogP contribution is -2.51. The summed E-state index contributed by atoms with van der Waals surface area (Å²) < 4.78 is 27.8. The molecule has 5 heteroatoms. The first-order chi connectivity index (χ1) is 8.97. The molecule has 2 rings (SSSR count). The maximum atomic E-state index is 12.4. The summed E-state index contributed by atoms with van der Waals surface area (Å²) in [6.07, 6.45) is 5.18. The highest BCUT2D eigenvalue weighted by Gasteiger charge is 2.35. The summed E-state index contributed by atoms with van der Waals surface area (Å²) in [4.78, 5) is 0.351. The van der Waals surface area contributed by atoms with Crippen LogP contribution in [0, 0.1) is 6.92 Å². The second kappa shape index (κ2) is 5.94. The van der Waals surface area contributed by atoms with Crippen LogP contribution < -0.4 is 4.72 Å². The minimum atomic E-state index is -3.43. The van der Waals surface area contributed by atoms with Crippen LogP contribution in [0.1, 0.15) is 37.7 Å². The molecular formula is C14H20BrNO2S. The van der Waals surface area contributed by atoms with Gasteiger partial charge in [0.25, 0.3) is 0 Å². The molecule has 0 bridgehead atoms. The molecule has 106 valence electrons. The number of hydrogen-bond donors (Lipinski definition) is 1. The fourth-order valence-corrected chi connectivity index (χ4v) is 4.90. The van der Waals surface area contributed by atoms with E-state index < -0.39 is 10.0 Å². The fraction of sp³-hybridized carbons (Fsp3) is 0.571. The summed E-state index contributed by atoms with van der Waals surface area (Å²) in [5.74, 6) is 0. The van der Waals surface area contributed by atoms with Crippen molar-refractivity contribution in [2.75, 3.05) is 5.33 Å². The van der Waals surface area contributed by atoms with E-state index >= 15 is 0 Å². The zero-order valence-corrected chi connectivity index (χ0v) is 13.6. The average Bonchev–Trinajstić information content (AvgIpc) is 2.40. The van der Waals surface area contributed by atoms with E-state index in [0.717, 1.165) is 31.2 Å². The van der Waals surface area contributed by atoms with Gasteiger partial charge in [-0.3, -0.25) is 0 Å². The number of aryl methyl sites for hydroxylation is 1. The van der Waals surface area contributed by atoms with Gasteiger partial charge < -0.3 is 0 Å². The van der Waals surface area contributed by atoms with Crippen molar-refractivity contribution in [2.45, 2.75) is 49.5 Å². The standard InChI is InChI=1S/C14H20BrNO2S/c1-12-5-7-13(8-6-12)19(17,18)16-14(11-15)9-3-2-4-10-14/h5-8,16H,2-4,9-11H2,1H3. The quantitative estimate of drug-likeness (QED) is 0.850. The molecule has 0 atom stereocenters. The summed E-state index contributed by atoms with van der Waals surface area (Å²) in [7, 11) is -3.43. The van der Waals surface area contributed by atoms with Crippen LogP contribution in [0.15, 0.2) is 29.2 Å². The van der Waals surface area contributed by atoms with Crippen molar-refractivity contribution < 1.29 is 8.42 Å². The third kappa shape index (κ3) is 3.58. The van der Waals surface area contributed by atoms with Crippen LogP contribution in [0.25, 0.3) is 0 Å². The van der Waals surface area contributed by atoms with Crippen LogP contribution in [-0.2, 0) is 10.0 Å². The molecule has 0 amide bonds. The van der Waals surface area contributed by atoms with Crippen molar-refractivity contribution in [3.8, 4) is 0 Å². The smallest absolute Gasteiger partial charge is 0.207 e. The summed E-state index contributed by atoms with van der Waals surface area (Å²) >= 11 is 3.48. The Kier molecular flexibility index (Phi) is 4.69. The third-order valence-electron chi connectivity index (χ3n) is 3.75. The van der Waals surface area contributed by atoms with Gasteiger partial charge in [0.15, 0.2) is 0 Å². The van der Waals surface area contributed by atoms with Crippen molar-refractivity contribution in [1.29, 1.82) is 0 Å². The highest BCUT2D eigenvalue weighted by molar-refractivity contribution is 9.09. The highest BCUT2D eigenvalue weighted by Crippen LogP contribution is 2.31. The van der Waals surface area contributed by atoms with Gasteiger partial charge in [0.05, 0.1) is 4.90 Å². The monoisotopic (exact) mass is 345 g/mol. The van der Waals surface area contributed by atoms with Crippen molar-refractivity contribution in [3.63, 3.8) is 0 Å². The molecule has 1 N–H and O–H groups in total. The van der Waals surface area contributed by atoms with Gasteiger partial charge >= 0.3 is 0 Å². The Hall–Kier alpha value is -0.390. The lowest BCUT2D eigenvalue weighted by atomic mass is 9.84. The number of benzene rings is 1. The van der Waals surface area contributed by atoms with Crippen molar-refractivity contribution in [2.24, 2.45) is 0 Å². The molecule has 1 aliphatic rings. The van der Waals surface area contributed by atoms with Gasteiger partial charge in [0, 0.05) is 10.9 Å². The van der Waals surface area contributed by atoms with Crippen molar-refractivity contribution in [3.05, 3.63) is 29.8 Å². The van der Waals surface area contributed by atoms with E-state index in [9.17, 15) is 8.42 Å². The lowest BCUT2D eigenvalue weighted by molar-refractivity contribution is 0.301. The van der Waals surface area contributed by atoms with E-state index in [1.54, 1.807) is 12.1 Å². The molecular weight excluding hydrogens is 326 g/mol. The molecule has 0 aromatic heterocycles. The third-order valence-corrected chi connectivity index (χ3v) is 6.42. The van der Waals surface area contributed by atoms with Crippen LogP contribution in [0.4, 0.5) is 0 Å². The van der Waals surface area contributed by atoms with Crippen molar-refractivity contribution >= 4 is 26.0 Å². The molecule has 0 aliphatic heterocycles. The molecule has 1 aromatic carbocycles. The van der Waals surface area contributed by atoms with E-state index in [1.165, 1.54) is 6.42 Å². The molecule has 1 aliphatic carbocycles. The Balaban J connectivity index is 2.22. The van der Waals surface area contributed by atoms with Crippen LogP contribution in [0.2, 0.25) is 0 Å². The minimum Gasteiger partial charge on any atom is -0.207 e. The van der Waals surface area contributed by atoms with Crippen LogP contribution in [0.3, 0.4) is 0 Å². The second-order valence-corrected chi connectivity index (χ2v) is 7.64. The first-order valence-electron chi connectivity index (χ1n) is 6.64. The predicted octanol–water partition coefficient (Wildman–Crippen LogP) is 3.37. The Morgan fingerprint density at radius 3 is 2.26 bits per heavy atom. The van der Waals surface area contributed by atoms with Gasteiger partial charge in [0.2, 0.25) is 10.0 Å². The molecule has 1 fully saturated rings. The number of nitrogens with one attached hydrogen (secondary N) is 1.